The van der Waals surface area contributed by atoms with E-state index in [9.17, 15) is 8.42 Å². The first-order chi connectivity index (χ1) is 9.42. The van der Waals surface area contributed by atoms with Crippen LogP contribution in [0.15, 0.2) is 51.8 Å². The molecule has 4 nitrogen and oxygen atoms in total. The van der Waals surface area contributed by atoms with E-state index in [0.717, 1.165) is 15.6 Å². The Morgan fingerprint density at radius 3 is 2.35 bits per heavy atom. The third-order valence-electron chi connectivity index (χ3n) is 2.88. The minimum absolute atomic E-state index is 0.218. The molecule has 106 valence electrons. The van der Waals surface area contributed by atoms with Gasteiger partial charge in [0, 0.05) is 16.7 Å². The van der Waals surface area contributed by atoms with E-state index in [0.29, 0.717) is 12.2 Å². The maximum atomic E-state index is 12.2. The van der Waals surface area contributed by atoms with E-state index < -0.39 is 10.0 Å². The van der Waals surface area contributed by atoms with E-state index in [1.54, 1.807) is 36.4 Å². The van der Waals surface area contributed by atoms with Gasteiger partial charge in [0.25, 0.3) is 10.0 Å². The average molecular weight is 355 g/mol. The van der Waals surface area contributed by atoms with Crippen molar-refractivity contribution >= 4 is 31.6 Å². The van der Waals surface area contributed by atoms with Crippen molar-refractivity contribution in [2.45, 2.75) is 18.4 Å². The fraction of sp³-hybridized carbons (Fsp3) is 0.143. The van der Waals surface area contributed by atoms with Crippen LogP contribution in [0.4, 0.5) is 5.69 Å². The summed E-state index contributed by atoms with van der Waals surface area (Å²) < 4.78 is 28.0. The summed E-state index contributed by atoms with van der Waals surface area (Å²) in [6.45, 7) is 2.29. The Kier molecular flexibility index (Phi) is 4.47. The number of hydrogen-bond donors (Lipinski definition) is 2. The third kappa shape index (κ3) is 3.39. The molecule has 0 saturated carbocycles. The molecule has 2 aromatic rings. The van der Waals surface area contributed by atoms with E-state index in [4.69, 9.17) is 5.73 Å². The van der Waals surface area contributed by atoms with Crippen LogP contribution in [0.2, 0.25) is 0 Å². The Labute approximate surface area is 127 Å². The molecule has 0 heterocycles. The highest BCUT2D eigenvalue weighted by molar-refractivity contribution is 9.10. The summed E-state index contributed by atoms with van der Waals surface area (Å²) in [7, 11) is -3.57. The summed E-state index contributed by atoms with van der Waals surface area (Å²) in [6.07, 6.45) is 0. The van der Waals surface area contributed by atoms with Crippen LogP contribution < -0.4 is 10.5 Å². The van der Waals surface area contributed by atoms with Gasteiger partial charge in [0.2, 0.25) is 0 Å². The van der Waals surface area contributed by atoms with Gasteiger partial charge in [-0.25, -0.2) is 8.42 Å². The lowest BCUT2D eigenvalue weighted by Crippen LogP contribution is -2.13. The van der Waals surface area contributed by atoms with Gasteiger partial charge in [-0.1, -0.05) is 28.1 Å². The summed E-state index contributed by atoms with van der Waals surface area (Å²) in [5.74, 6) is 0. The molecule has 2 aromatic carbocycles. The highest BCUT2D eigenvalue weighted by Gasteiger charge is 2.14. The number of nitrogens with one attached hydrogen (secondary N) is 1. The van der Waals surface area contributed by atoms with Crippen molar-refractivity contribution in [2.75, 3.05) is 4.72 Å². The van der Waals surface area contributed by atoms with Crippen molar-refractivity contribution in [2.24, 2.45) is 5.73 Å². The fourth-order valence-corrected chi connectivity index (χ4v) is 3.02. The van der Waals surface area contributed by atoms with Crippen LogP contribution in [0.25, 0.3) is 0 Å². The Bertz CT molecular complexity index is 712. The molecular formula is C14H15BrN2O2S. The molecule has 0 amide bonds. The second-order valence-electron chi connectivity index (χ2n) is 4.42. The number of nitrogens with two attached hydrogens (primary N) is 1. The van der Waals surface area contributed by atoms with E-state index in [1.807, 2.05) is 13.0 Å². The minimum atomic E-state index is -3.57. The van der Waals surface area contributed by atoms with Crippen molar-refractivity contribution in [3.63, 3.8) is 0 Å². The third-order valence-corrected chi connectivity index (χ3v) is 5.17. The Hall–Kier alpha value is -1.37. The minimum Gasteiger partial charge on any atom is -0.326 e. The topological polar surface area (TPSA) is 72.2 Å². The molecule has 0 spiro atoms. The molecule has 0 radical (unpaired) electrons. The molecule has 0 aliphatic carbocycles. The maximum absolute atomic E-state index is 12.2. The highest BCUT2D eigenvalue weighted by atomic mass is 79.9. The quantitative estimate of drug-likeness (QED) is 0.886. The predicted octanol–water partition coefficient (Wildman–Crippen LogP) is 3.02. The van der Waals surface area contributed by atoms with Gasteiger partial charge < -0.3 is 5.73 Å². The van der Waals surface area contributed by atoms with E-state index in [-0.39, 0.29) is 4.90 Å². The number of halogens is 1. The molecule has 0 unspecified atom stereocenters. The SMILES string of the molecule is Cc1cc(NS(=O)(=O)c2ccc(CN)cc2)ccc1Br. The second-order valence-corrected chi connectivity index (χ2v) is 6.95. The fourth-order valence-electron chi connectivity index (χ4n) is 1.73. The van der Waals surface area contributed by atoms with Crippen LogP contribution in [-0.2, 0) is 16.6 Å². The molecule has 3 N–H and O–H groups in total. The van der Waals surface area contributed by atoms with Crippen LogP contribution in [0.3, 0.4) is 0 Å². The lowest BCUT2D eigenvalue weighted by molar-refractivity contribution is 0.601. The molecule has 20 heavy (non-hydrogen) atoms. The normalized spacial score (nSPS) is 11.3. The van der Waals surface area contributed by atoms with Gasteiger partial charge >= 0.3 is 0 Å². The lowest BCUT2D eigenvalue weighted by Gasteiger charge is -2.10. The van der Waals surface area contributed by atoms with Gasteiger partial charge in [-0.05, 0) is 48.4 Å². The number of rotatable bonds is 4. The molecule has 6 heteroatoms. The summed E-state index contributed by atoms with van der Waals surface area (Å²) in [4.78, 5) is 0.218. The molecule has 0 aliphatic heterocycles. The monoisotopic (exact) mass is 354 g/mol. The van der Waals surface area contributed by atoms with Crippen LogP contribution >= 0.6 is 15.9 Å². The number of benzene rings is 2. The molecule has 0 fully saturated rings. The average Bonchev–Trinajstić information content (AvgIpc) is 2.43. The molecule has 0 saturated heterocycles. The molecule has 0 aromatic heterocycles. The van der Waals surface area contributed by atoms with Crippen LogP contribution in [0, 0.1) is 6.92 Å². The summed E-state index contributed by atoms with van der Waals surface area (Å²) in [5, 5.41) is 0. The number of hydrogen-bond acceptors (Lipinski definition) is 3. The van der Waals surface area contributed by atoms with Crippen molar-refractivity contribution in [1.82, 2.24) is 0 Å². The van der Waals surface area contributed by atoms with Crippen LogP contribution in [-0.4, -0.2) is 8.42 Å². The van der Waals surface area contributed by atoms with E-state index in [2.05, 4.69) is 20.7 Å². The summed E-state index contributed by atoms with van der Waals surface area (Å²) in [5.41, 5.74) is 7.88. The second kappa shape index (κ2) is 5.95. The van der Waals surface area contributed by atoms with Gasteiger partial charge in [0.1, 0.15) is 0 Å². The lowest BCUT2D eigenvalue weighted by atomic mass is 10.2. The highest BCUT2D eigenvalue weighted by Crippen LogP contribution is 2.22. The Balaban J connectivity index is 2.27. The summed E-state index contributed by atoms with van der Waals surface area (Å²) >= 11 is 3.38. The Morgan fingerprint density at radius 1 is 1.15 bits per heavy atom. The van der Waals surface area contributed by atoms with Crippen molar-refractivity contribution in [3.8, 4) is 0 Å². The van der Waals surface area contributed by atoms with E-state index >= 15 is 0 Å². The molecule has 0 bridgehead atoms. The summed E-state index contributed by atoms with van der Waals surface area (Å²) in [6, 6.07) is 11.8. The zero-order chi connectivity index (χ0) is 14.8. The molecule has 0 atom stereocenters. The van der Waals surface area contributed by atoms with Crippen LogP contribution in [0.5, 0.6) is 0 Å². The smallest absolute Gasteiger partial charge is 0.261 e. The first-order valence-corrected chi connectivity index (χ1v) is 8.28. The van der Waals surface area contributed by atoms with Gasteiger partial charge in [-0.2, -0.15) is 0 Å². The van der Waals surface area contributed by atoms with Gasteiger partial charge in [0.05, 0.1) is 4.90 Å². The first kappa shape index (κ1) is 15.0. The van der Waals surface area contributed by atoms with Crippen LogP contribution in [0.1, 0.15) is 11.1 Å². The standard InChI is InChI=1S/C14H15BrN2O2S/c1-10-8-12(4-7-14(10)15)17-20(18,19)13-5-2-11(9-16)3-6-13/h2-8,17H,9,16H2,1H3. The molecule has 0 aliphatic rings. The zero-order valence-corrected chi connectivity index (χ0v) is 13.3. The predicted molar refractivity (Wildman–Crippen MR) is 84.0 cm³/mol. The molecule has 2 rings (SSSR count). The van der Waals surface area contributed by atoms with Gasteiger partial charge in [0.15, 0.2) is 0 Å². The zero-order valence-electron chi connectivity index (χ0n) is 10.9. The largest absolute Gasteiger partial charge is 0.326 e. The number of anilines is 1. The van der Waals surface area contributed by atoms with Crippen molar-refractivity contribution < 1.29 is 8.42 Å². The van der Waals surface area contributed by atoms with Gasteiger partial charge in [-0.3, -0.25) is 4.72 Å². The number of sulfonamides is 1. The van der Waals surface area contributed by atoms with E-state index in [1.165, 1.54) is 0 Å². The Morgan fingerprint density at radius 2 is 1.80 bits per heavy atom. The van der Waals surface area contributed by atoms with Gasteiger partial charge in [-0.15, -0.1) is 0 Å². The maximum Gasteiger partial charge on any atom is 0.261 e. The van der Waals surface area contributed by atoms with Crippen molar-refractivity contribution in [3.05, 3.63) is 58.1 Å². The first-order valence-electron chi connectivity index (χ1n) is 6.00. The van der Waals surface area contributed by atoms with Crippen molar-refractivity contribution in [1.29, 1.82) is 0 Å². The number of aryl methyl sites for hydroxylation is 1. The molecular weight excluding hydrogens is 340 g/mol.